The Morgan fingerprint density at radius 1 is 0.569 bits per heavy atom. The normalized spacial score (nSPS) is 19.1. The van der Waals surface area contributed by atoms with E-state index in [1.54, 1.807) is 36.4 Å². The molecule has 1 aliphatic rings. The lowest BCUT2D eigenvalue weighted by Crippen LogP contribution is -2.49. The minimum atomic E-state index is -2.80. The molecule has 10 rings (SSSR count). The van der Waals surface area contributed by atoms with Gasteiger partial charge in [0.25, 0.3) is 0 Å². The number of furan rings is 1. The average Bonchev–Trinajstić information content (AvgIpc) is 3.72. The largest absolute Gasteiger partial charge is 0.457 e. The molecule has 0 unspecified atom stereocenters. The van der Waals surface area contributed by atoms with Crippen LogP contribution in [0.5, 0.6) is 11.5 Å². The van der Waals surface area contributed by atoms with Gasteiger partial charge in [-0.05, 0) is 173 Å². The average molecular weight is 863 g/mol. The highest BCUT2D eigenvalue weighted by Crippen LogP contribution is 2.63. The monoisotopic (exact) mass is 863 g/mol. The third kappa shape index (κ3) is 7.23. The van der Waals surface area contributed by atoms with E-state index in [1.807, 2.05) is 67.7 Å². The van der Waals surface area contributed by atoms with E-state index < -0.39 is 32.0 Å². The Morgan fingerprint density at radius 3 is 2.06 bits per heavy atom. The molecule has 6 aromatic carbocycles. The van der Waals surface area contributed by atoms with Crippen LogP contribution in [0.2, 0.25) is 0 Å². The quantitative estimate of drug-likeness (QED) is 0.160. The van der Waals surface area contributed by atoms with Crippen molar-refractivity contribution in [3.05, 3.63) is 167 Å². The predicted molar refractivity (Wildman–Crippen MR) is 272 cm³/mol. The van der Waals surface area contributed by atoms with Crippen molar-refractivity contribution in [1.29, 1.82) is 0 Å². The number of rotatable bonds is 7. The Balaban J connectivity index is 1.17. The first-order valence-corrected chi connectivity index (χ1v) is 22.4. The third-order valence-corrected chi connectivity index (χ3v) is 15.0. The standard InChI is InChI=1S/C61H60N2O2/c1-36-26-54(62-34-38(36)3)44-27-51(41-17-13-12-14-18-41)40(5)56(28-44)64-46-29-52-49-24-21-42-19-15-16-20-48(42)57(49)65-58(52)53(30-46)55-31-50(39(4)35-63-55)47-23-22-43(25-37(47)2)45-32-59(6,7)61(10,11)60(8,9)33-45/h12-31,34-35,45H,32-33H2,1-11H3/i1D3,3D3,5D3,45D. The van der Waals surface area contributed by atoms with Gasteiger partial charge in [0.1, 0.15) is 22.7 Å². The lowest BCUT2D eigenvalue weighted by molar-refractivity contribution is -0.0744. The molecule has 1 aliphatic carbocycles. The molecular weight excluding hydrogens is 793 g/mol. The van der Waals surface area contributed by atoms with Gasteiger partial charge in [-0.3, -0.25) is 9.97 Å². The molecule has 1 fully saturated rings. The van der Waals surface area contributed by atoms with Gasteiger partial charge in [-0.15, -0.1) is 0 Å². The summed E-state index contributed by atoms with van der Waals surface area (Å²) < 4.78 is 99.8. The van der Waals surface area contributed by atoms with Gasteiger partial charge in [0.15, 0.2) is 0 Å². The molecule has 0 radical (unpaired) electrons. The van der Waals surface area contributed by atoms with Crippen LogP contribution in [-0.4, -0.2) is 9.97 Å². The fraction of sp³-hybridized carbons (Fsp3) is 0.279. The van der Waals surface area contributed by atoms with Crippen molar-refractivity contribution in [3.63, 3.8) is 0 Å². The van der Waals surface area contributed by atoms with E-state index in [0.717, 1.165) is 63.0 Å². The lowest BCUT2D eigenvalue weighted by atomic mass is 9.46. The Bertz CT molecular complexity index is 3710. The van der Waals surface area contributed by atoms with Crippen molar-refractivity contribution >= 4 is 32.7 Å². The zero-order valence-corrected chi connectivity index (χ0v) is 38.3. The third-order valence-electron chi connectivity index (χ3n) is 15.0. The molecule has 3 heterocycles. The molecule has 0 N–H and O–H groups in total. The van der Waals surface area contributed by atoms with Gasteiger partial charge >= 0.3 is 0 Å². The maximum Gasteiger partial charge on any atom is 0.145 e. The Morgan fingerprint density at radius 2 is 1.31 bits per heavy atom. The second-order valence-electron chi connectivity index (χ2n) is 19.9. The van der Waals surface area contributed by atoms with E-state index in [9.17, 15) is 1.37 Å². The number of ether oxygens (including phenoxy) is 1. The van der Waals surface area contributed by atoms with Crippen LogP contribution in [0.3, 0.4) is 0 Å². The zero-order chi connectivity index (χ0) is 54.0. The molecule has 0 bridgehead atoms. The van der Waals surface area contributed by atoms with Crippen LogP contribution in [0.25, 0.3) is 77.5 Å². The van der Waals surface area contributed by atoms with E-state index in [0.29, 0.717) is 44.5 Å². The fourth-order valence-corrected chi connectivity index (χ4v) is 10.1. The van der Waals surface area contributed by atoms with Gasteiger partial charge in [0.2, 0.25) is 0 Å². The fourth-order valence-electron chi connectivity index (χ4n) is 10.1. The van der Waals surface area contributed by atoms with Crippen LogP contribution in [-0.2, 0) is 0 Å². The first-order valence-electron chi connectivity index (χ1n) is 27.4. The molecule has 0 atom stereocenters. The van der Waals surface area contributed by atoms with Crippen LogP contribution < -0.4 is 4.74 Å². The van der Waals surface area contributed by atoms with E-state index in [2.05, 4.69) is 71.6 Å². The minimum Gasteiger partial charge on any atom is -0.457 e. The van der Waals surface area contributed by atoms with Crippen LogP contribution in [0.15, 0.2) is 138 Å². The molecule has 326 valence electrons. The van der Waals surface area contributed by atoms with Crippen molar-refractivity contribution in [3.8, 4) is 56.3 Å². The summed E-state index contributed by atoms with van der Waals surface area (Å²) in [5.74, 6) is -0.541. The summed E-state index contributed by atoms with van der Waals surface area (Å²) in [5.41, 5.74) is 7.61. The lowest BCUT2D eigenvalue weighted by Gasteiger charge is -2.59. The van der Waals surface area contributed by atoms with Crippen molar-refractivity contribution in [2.45, 2.75) is 94.7 Å². The maximum absolute atomic E-state index is 9.99. The molecule has 4 heteroatoms. The molecule has 0 amide bonds. The molecular formula is C61H60N2O2. The summed E-state index contributed by atoms with van der Waals surface area (Å²) in [7, 11) is 0. The number of nitrogens with zero attached hydrogens (tertiary/aromatic N) is 2. The van der Waals surface area contributed by atoms with Crippen LogP contribution in [0, 0.1) is 50.6 Å². The molecule has 9 aromatic rings. The van der Waals surface area contributed by atoms with Gasteiger partial charge in [-0.1, -0.05) is 120 Å². The maximum atomic E-state index is 9.99. The first-order chi connectivity index (χ1) is 35.0. The topological polar surface area (TPSA) is 48.2 Å². The van der Waals surface area contributed by atoms with E-state index in [-0.39, 0.29) is 44.6 Å². The molecule has 0 saturated heterocycles. The number of benzene rings is 6. The number of pyridine rings is 2. The molecule has 4 nitrogen and oxygen atoms in total. The Kier molecular flexibility index (Phi) is 7.72. The van der Waals surface area contributed by atoms with Crippen LogP contribution in [0.1, 0.15) is 107 Å². The predicted octanol–water partition coefficient (Wildman–Crippen LogP) is 17.5. The highest BCUT2D eigenvalue weighted by molar-refractivity contribution is 6.17. The van der Waals surface area contributed by atoms with E-state index in [4.69, 9.17) is 26.5 Å². The molecule has 0 spiro atoms. The number of aryl methyl sites for hydroxylation is 4. The highest BCUT2D eigenvalue weighted by atomic mass is 16.5. The van der Waals surface area contributed by atoms with Gasteiger partial charge in [0, 0.05) is 53.4 Å². The summed E-state index contributed by atoms with van der Waals surface area (Å²) in [4.78, 5) is 9.50. The van der Waals surface area contributed by atoms with E-state index in [1.165, 1.54) is 12.1 Å². The van der Waals surface area contributed by atoms with Crippen molar-refractivity contribution < 1.29 is 22.9 Å². The summed E-state index contributed by atoms with van der Waals surface area (Å²) in [5, 5.41) is 3.41. The molecule has 0 aliphatic heterocycles. The van der Waals surface area contributed by atoms with Gasteiger partial charge in [-0.25, -0.2) is 0 Å². The Labute approximate surface area is 398 Å². The molecule has 1 saturated carbocycles. The van der Waals surface area contributed by atoms with Gasteiger partial charge in [-0.2, -0.15) is 0 Å². The number of hydrogen-bond donors (Lipinski definition) is 0. The SMILES string of the molecule is [2H]C([2H])([2H])c1cnc(-c2cc(Oc3cc(-c4cc(-c5ccc(C6([2H])CC(C)(C)C(C)(C)C(C)(C)C6)cc5C)c(C)cn4)c4oc5c6ccccc6ccc5c4c3)c(C([2H])([2H])[2H])c(-c3ccccc3)c2)cc1C([2H])([2H])[2H]. The van der Waals surface area contributed by atoms with E-state index >= 15 is 0 Å². The minimum absolute atomic E-state index is 0.0274. The highest BCUT2D eigenvalue weighted by Gasteiger charge is 2.53. The van der Waals surface area contributed by atoms with Crippen molar-refractivity contribution in [2.75, 3.05) is 0 Å². The summed E-state index contributed by atoms with van der Waals surface area (Å²) in [6.45, 7) is 9.73. The van der Waals surface area contributed by atoms with Gasteiger partial charge in [0.05, 0.1) is 11.4 Å². The molecule has 3 aromatic heterocycles. The van der Waals surface area contributed by atoms with Crippen LogP contribution >= 0.6 is 0 Å². The number of fused-ring (bicyclic) bond motifs is 5. The van der Waals surface area contributed by atoms with Crippen molar-refractivity contribution in [2.24, 2.45) is 16.2 Å². The van der Waals surface area contributed by atoms with Crippen molar-refractivity contribution in [1.82, 2.24) is 9.97 Å². The second-order valence-corrected chi connectivity index (χ2v) is 19.9. The molecule has 65 heavy (non-hydrogen) atoms. The summed E-state index contributed by atoms with van der Waals surface area (Å²) >= 11 is 0. The Hall–Kier alpha value is -6.52. The first kappa shape index (κ1) is 32.2. The zero-order valence-electron chi connectivity index (χ0n) is 48.3. The second kappa shape index (κ2) is 15.6. The van der Waals surface area contributed by atoms with Crippen LogP contribution in [0.4, 0.5) is 0 Å². The number of hydrogen-bond acceptors (Lipinski definition) is 4. The summed E-state index contributed by atoms with van der Waals surface area (Å²) in [6, 6.07) is 37.5. The summed E-state index contributed by atoms with van der Waals surface area (Å²) in [6.07, 6.45) is 4.38. The van der Waals surface area contributed by atoms with Gasteiger partial charge < -0.3 is 9.15 Å². The smallest absolute Gasteiger partial charge is 0.145 e. The number of aromatic nitrogens is 2.